The van der Waals surface area contributed by atoms with Crippen LogP contribution in [-0.4, -0.2) is 11.9 Å². The van der Waals surface area contributed by atoms with Crippen molar-refractivity contribution in [3.63, 3.8) is 0 Å². The second-order valence-corrected chi connectivity index (χ2v) is 5.05. The van der Waals surface area contributed by atoms with Crippen molar-refractivity contribution >= 4 is 17.5 Å². The van der Waals surface area contributed by atoms with Gasteiger partial charge in [-0.1, -0.05) is 24.9 Å². The zero-order chi connectivity index (χ0) is 12.4. The standard InChI is InChI=1S/C13H15ClFNO/c1-8-3-2-4-12(8)16-13(17)10-7-9(14)5-6-11(10)15/h5-8,12H,2-4H2,1H3,(H,16,17). The van der Waals surface area contributed by atoms with Gasteiger partial charge in [0.05, 0.1) is 5.56 Å². The first kappa shape index (κ1) is 12.4. The second kappa shape index (κ2) is 5.05. The van der Waals surface area contributed by atoms with E-state index < -0.39 is 5.82 Å². The monoisotopic (exact) mass is 255 g/mol. The molecule has 2 unspecified atom stereocenters. The highest BCUT2D eigenvalue weighted by Crippen LogP contribution is 2.25. The zero-order valence-electron chi connectivity index (χ0n) is 9.67. The van der Waals surface area contributed by atoms with Gasteiger partial charge in [0.2, 0.25) is 0 Å². The molecule has 2 nitrogen and oxygen atoms in total. The maximum atomic E-state index is 13.5. The minimum absolute atomic E-state index is 0.0246. The number of hydrogen-bond donors (Lipinski definition) is 1. The lowest BCUT2D eigenvalue weighted by molar-refractivity contribution is 0.0925. The summed E-state index contributed by atoms with van der Waals surface area (Å²) >= 11 is 5.76. The lowest BCUT2D eigenvalue weighted by Crippen LogP contribution is -2.36. The number of hydrogen-bond acceptors (Lipinski definition) is 1. The summed E-state index contributed by atoms with van der Waals surface area (Å²) in [6.07, 6.45) is 3.20. The third kappa shape index (κ3) is 2.78. The molecular formula is C13H15ClFNO. The SMILES string of the molecule is CC1CCCC1NC(=O)c1cc(Cl)ccc1F. The molecule has 2 rings (SSSR count). The van der Waals surface area contributed by atoms with E-state index in [-0.39, 0.29) is 17.5 Å². The van der Waals surface area contributed by atoms with Gasteiger partial charge in [-0.2, -0.15) is 0 Å². The Bertz CT molecular complexity index is 435. The van der Waals surface area contributed by atoms with Crippen molar-refractivity contribution in [3.8, 4) is 0 Å². The van der Waals surface area contributed by atoms with Gasteiger partial charge in [-0.3, -0.25) is 4.79 Å². The van der Waals surface area contributed by atoms with Crippen molar-refractivity contribution in [1.29, 1.82) is 0 Å². The summed E-state index contributed by atoms with van der Waals surface area (Å²) in [6.45, 7) is 2.10. The quantitative estimate of drug-likeness (QED) is 0.862. The molecule has 1 amide bonds. The highest BCUT2D eigenvalue weighted by atomic mass is 35.5. The van der Waals surface area contributed by atoms with Crippen LogP contribution in [0.1, 0.15) is 36.5 Å². The van der Waals surface area contributed by atoms with Gasteiger partial charge < -0.3 is 5.32 Å². The number of halogens is 2. The van der Waals surface area contributed by atoms with Crippen LogP contribution < -0.4 is 5.32 Å². The average molecular weight is 256 g/mol. The van der Waals surface area contributed by atoms with E-state index in [4.69, 9.17) is 11.6 Å². The Hall–Kier alpha value is -1.09. The van der Waals surface area contributed by atoms with Crippen molar-refractivity contribution in [3.05, 3.63) is 34.6 Å². The molecule has 1 saturated carbocycles. The number of amides is 1. The Morgan fingerprint density at radius 3 is 2.88 bits per heavy atom. The molecule has 4 heteroatoms. The van der Waals surface area contributed by atoms with Crippen LogP contribution in [0.2, 0.25) is 5.02 Å². The summed E-state index contributed by atoms with van der Waals surface area (Å²) in [4.78, 5) is 11.9. The van der Waals surface area contributed by atoms with Crippen LogP contribution in [0.3, 0.4) is 0 Å². The highest BCUT2D eigenvalue weighted by molar-refractivity contribution is 6.31. The lowest BCUT2D eigenvalue weighted by atomic mass is 10.1. The predicted octanol–water partition coefficient (Wildman–Crippen LogP) is 3.40. The van der Waals surface area contributed by atoms with Gasteiger partial charge in [0.15, 0.2) is 0 Å². The van der Waals surface area contributed by atoms with E-state index in [9.17, 15) is 9.18 Å². The average Bonchev–Trinajstić information content (AvgIpc) is 2.68. The molecule has 1 N–H and O–H groups in total. The number of carbonyl (C=O) groups is 1. The first-order chi connectivity index (χ1) is 8.08. The van der Waals surface area contributed by atoms with Crippen molar-refractivity contribution < 1.29 is 9.18 Å². The van der Waals surface area contributed by atoms with Gasteiger partial charge in [-0.25, -0.2) is 4.39 Å². The van der Waals surface area contributed by atoms with Crippen LogP contribution in [0.5, 0.6) is 0 Å². The lowest BCUT2D eigenvalue weighted by Gasteiger charge is -2.17. The van der Waals surface area contributed by atoms with Crippen molar-refractivity contribution in [1.82, 2.24) is 5.32 Å². The van der Waals surface area contributed by atoms with Crippen molar-refractivity contribution in [2.24, 2.45) is 5.92 Å². The zero-order valence-corrected chi connectivity index (χ0v) is 10.4. The smallest absolute Gasteiger partial charge is 0.254 e. The third-order valence-corrected chi connectivity index (χ3v) is 3.59. The molecule has 2 atom stereocenters. The fraction of sp³-hybridized carbons (Fsp3) is 0.462. The van der Waals surface area contributed by atoms with Gasteiger partial charge in [0, 0.05) is 11.1 Å². The normalized spacial score (nSPS) is 23.7. The number of nitrogens with one attached hydrogen (secondary N) is 1. The molecule has 0 radical (unpaired) electrons. The highest BCUT2D eigenvalue weighted by Gasteiger charge is 2.25. The number of rotatable bonds is 2. The van der Waals surface area contributed by atoms with Crippen LogP contribution in [-0.2, 0) is 0 Å². The van der Waals surface area contributed by atoms with E-state index in [1.807, 2.05) is 0 Å². The Kier molecular flexibility index (Phi) is 3.67. The molecule has 0 saturated heterocycles. The molecule has 1 aromatic carbocycles. The fourth-order valence-electron chi connectivity index (χ4n) is 2.28. The molecule has 1 fully saturated rings. The number of carbonyl (C=O) groups excluding carboxylic acids is 1. The summed E-state index contributed by atoms with van der Waals surface area (Å²) in [5, 5.41) is 3.25. The molecule has 0 aromatic heterocycles. The fourth-order valence-corrected chi connectivity index (χ4v) is 2.45. The topological polar surface area (TPSA) is 29.1 Å². The Morgan fingerprint density at radius 1 is 1.47 bits per heavy atom. The summed E-state index contributed by atoms with van der Waals surface area (Å²) in [7, 11) is 0. The molecule has 0 heterocycles. The van der Waals surface area contributed by atoms with E-state index in [0.29, 0.717) is 10.9 Å². The van der Waals surface area contributed by atoms with Crippen LogP contribution in [0.15, 0.2) is 18.2 Å². The molecule has 17 heavy (non-hydrogen) atoms. The van der Waals surface area contributed by atoms with Gasteiger partial charge >= 0.3 is 0 Å². The van der Waals surface area contributed by atoms with Crippen LogP contribution in [0.25, 0.3) is 0 Å². The first-order valence-electron chi connectivity index (χ1n) is 5.84. The molecule has 0 aliphatic heterocycles. The van der Waals surface area contributed by atoms with E-state index in [1.54, 1.807) is 0 Å². The van der Waals surface area contributed by atoms with Crippen LogP contribution >= 0.6 is 11.6 Å². The van der Waals surface area contributed by atoms with Crippen LogP contribution in [0.4, 0.5) is 4.39 Å². The van der Waals surface area contributed by atoms with E-state index in [2.05, 4.69) is 12.2 Å². The predicted molar refractivity (Wildman–Crippen MR) is 65.7 cm³/mol. The van der Waals surface area contributed by atoms with Gasteiger partial charge in [-0.15, -0.1) is 0 Å². The van der Waals surface area contributed by atoms with Gasteiger partial charge in [0.25, 0.3) is 5.91 Å². The molecule has 0 bridgehead atoms. The van der Waals surface area contributed by atoms with E-state index in [1.165, 1.54) is 18.2 Å². The molecular weight excluding hydrogens is 241 g/mol. The third-order valence-electron chi connectivity index (χ3n) is 3.35. The largest absolute Gasteiger partial charge is 0.349 e. The Balaban J connectivity index is 2.11. The Labute approximate surface area is 105 Å². The molecule has 1 aliphatic rings. The summed E-state index contributed by atoms with van der Waals surface area (Å²) in [6, 6.07) is 4.17. The minimum Gasteiger partial charge on any atom is -0.349 e. The number of benzene rings is 1. The summed E-state index contributed by atoms with van der Waals surface area (Å²) < 4.78 is 13.5. The molecule has 1 aliphatic carbocycles. The van der Waals surface area contributed by atoms with Crippen molar-refractivity contribution in [2.75, 3.05) is 0 Å². The van der Waals surface area contributed by atoms with Crippen LogP contribution in [0, 0.1) is 11.7 Å². The minimum atomic E-state index is -0.530. The molecule has 1 aromatic rings. The second-order valence-electron chi connectivity index (χ2n) is 4.61. The summed E-state index contributed by atoms with van der Waals surface area (Å²) in [5.41, 5.74) is 0.0246. The molecule has 0 spiro atoms. The maximum absolute atomic E-state index is 13.5. The van der Waals surface area contributed by atoms with Gasteiger partial charge in [0.1, 0.15) is 5.82 Å². The van der Waals surface area contributed by atoms with E-state index in [0.717, 1.165) is 19.3 Å². The van der Waals surface area contributed by atoms with E-state index >= 15 is 0 Å². The molecule has 92 valence electrons. The van der Waals surface area contributed by atoms with Gasteiger partial charge in [-0.05, 0) is 37.0 Å². The summed E-state index contributed by atoms with van der Waals surface area (Å²) in [5.74, 6) is -0.442. The van der Waals surface area contributed by atoms with Crippen molar-refractivity contribution in [2.45, 2.75) is 32.2 Å². The first-order valence-corrected chi connectivity index (χ1v) is 6.21. The maximum Gasteiger partial charge on any atom is 0.254 e. The Morgan fingerprint density at radius 2 is 2.24 bits per heavy atom.